The van der Waals surface area contributed by atoms with Crippen molar-refractivity contribution in [2.45, 2.75) is 31.6 Å². The van der Waals surface area contributed by atoms with Crippen molar-refractivity contribution in [3.8, 4) is 0 Å². The number of nitro benzene ring substituents is 1. The third-order valence-electron chi connectivity index (χ3n) is 5.18. The van der Waals surface area contributed by atoms with Gasteiger partial charge in [-0.05, 0) is 49.9 Å². The number of nitrogens with zero attached hydrogens (tertiary/aromatic N) is 2. The fourth-order valence-corrected chi connectivity index (χ4v) is 5.60. The van der Waals surface area contributed by atoms with E-state index in [1.165, 1.54) is 41.6 Å². The van der Waals surface area contributed by atoms with E-state index in [-0.39, 0.29) is 32.8 Å². The van der Waals surface area contributed by atoms with Gasteiger partial charge in [0.1, 0.15) is 4.90 Å². The Hall–Kier alpha value is -2.49. The van der Waals surface area contributed by atoms with Crippen LogP contribution in [-0.2, 0) is 10.0 Å². The Kier molecular flexibility index (Phi) is 6.44. The van der Waals surface area contributed by atoms with E-state index in [0.29, 0.717) is 18.7 Å². The third kappa shape index (κ3) is 4.48. The fraction of sp³-hybridized carbons (Fsp3) is 0.350. The van der Waals surface area contributed by atoms with Crippen molar-refractivity contribution in [2.75, 3.05) is 18.4 Å². The number of hydrogen-bond acceptors (Lipinski definition) is 5. The summed E-state index contributed by atoms with van der Waals surface area (Å²) in [4.78, 5) is 23.2. The van der Waals surface area contributed by atoms with Crippen molar-refractivity contribution in [1.29, 1.82) is 0 Å². The maximum absolute atomic E-state index is 13.1. The van der Waals surface area contributed by atoms with Crippen molar-refractivity contribution in [2.24, 2.45) is 5.92 Å². The van der Waals surface area contributed by atoms with Gasteiger partial charge < -0.3 is 5.32 Å². The van der Waals surface area contributed by atoms with Gasteiger partial charge in [-0.25, -0.2) is 8.42 Å². The molecule has 1 heterocycles. The SMILES string of the molecule is Cc1c(NC(=O)c2ccc(Cl)c(S(=O)(=O)N3CCCC(C)C3)c2)cccc1[N+](=O)[O-]. The molecule has 1 unspecified atom stereocenters. The number of hydrogen-bond donors (Lipinski definition) is 1. The van der Waals surface area contributed by atoms with Crippen LogP contribution in [0, 0.1) is 23.0 Å². The highest BCUT2D eigenvalue weighted by molar-refractivity contribution is 7.89. The smallest absolute Gasteiger partial charge is 0.274 e. The molecule has 2 aromatic rings. The summed E-state index contributed by atoms with van der Waals surface area (Å²) in [6.07, 6.45) is 1.73. The predicted molar refractivity (Wildman–Crippen MR) is 114 cm³/mol. The molecule has 10 heteroatoms. The normalized spacial score (nSPS) is 17.5. The van der Waals surface area contributed by atoms with Gasteiger partial charge in [0.2, 0.25) is 10.0 Å². The monoisotopic (exact) mass is 451 g/mol. The summed E-state index contributed by atoms with van der Waals surface area (Å²) in [5, 5.41) is 13.8. The zero-order chi connectivity index (χ0) is 22.1. The Balaban J connectivity index is 1.91. The molecule has 2 aromatic carbocycles. The van der Waals surface area contributed by atoms with Crippen LogP contribution in [0.3, 0.4) is 0 Å². The van der Waals surface area contributed by atoms with E-state index in [0.717, 1.165) is 12.8 Å². The minimum atomic E-state index is -3.85. The van der Waals surface area contributed by atoms with Crippen LogP contribution in [0.25, 0.3) is 0 Å². The van der Waals surface area contributed by atoms with Crippen molar-refractivity contribution in [3.05, 3.63) is 62.7 Å². The van der Waals surface area contributed by atoms with Gasteiger partial charge in [-0.1, -0.05) is 24.6 Å². The van der Waals surface area contributed by atoms with Gasteiger partial charge in [0.05, 0.1) is 21.2 Å². The van der Waals surface area contributed by atoms with Crippen LogP contribution in [0.4, 0.5) is 11.4 Å². The molecule has 8 nitrogen and oxygen atoms in total. The minimum absolute atomic E-state index is 0.0382. The fourth-order valence-electron chi connectivity index (χ4n) is 3.50. The molecule has 1 N–H and O–H groups in total. The predicted octanol–water partition coefficient (Wildman–Crippen LogP) is 4.23. The molecule has 1 amide bonds. The third-order valence-corrected chi connectivity index (χ3v) is 7.53. The Morgan fingerprint density at radius 3 is 2.70 bits per heavy atom. The molecule has 1 fully saturated rings. The van der Waals surface area contributed by atoms with Gasteiger partial charge in [-0.15, -0.1) is 0 Å². The Labute approximate surface area is 180 Å². The van der Waals surface area contributed by atoms with Gasteiger partial charge in [0.15, 0.2) is 0 Å². The number of amides is 1. The summed E-state index contributed by atoms with van der Waals surface area (Å²) in [6.45, 7) is 4.34. The van der Waals surface area contributed by atoms with Crippen LogP contribution in [0.15, 0.2) is 41.3 Å². The lowest BCUT2D eigenvalue weighted by atomic mass is 10.0. The number of rotatable bonds is 5. The van der Waals surface area contributed by atoms with Gasteiger partial charge in [0.25, 0.3) is 11.6 Å². The minimum Gasteiger partial charge on any atom is -0.321 e. The topological polar surface area (TPSA) is 110 Å². The Morgan fingerprint density at radius 2 is 2.03 bits per heavy atom. The highest BCUT2D eigenvalue weighted by Crippen LogP contribution is 2.30. The van der Waals surface area contributed by atoms with Crippen LogP contribution in [0.5, 0.6) is 0 Å². The van der Waals surface area contributed by atoms with Crippen LogP contribution in [0.1, 0.15) is 35.7 Å². The van der Waals surface area contributed by atoms with Crippen LogP contribution in [-0.4, -0.2) is 36.6 Å². The highest BCUT2D eigenvalue weighted by atomic mass is 35.5. The highest BCUT2D eigenvalue weighted by Gasteiger charge is 2.31. The lowest BCUT2D eigenvalue weighted by Gasteiger charge is -2.30. The number of nitrogens with one attached hydrogen (secondary N) is 1. The summed E-state index contributed by atoms with van der Waals surface area (Å²) in [7, 11) is -3.85. The maximum atomic E-state index is 13.1. The van der Waals surface area contributed by atoms with E-state index < -0.39 is 20.9 Å². The quantitative estimate of drug-likeness (QED) is 0.540. The molecule has 1 aliphatic heterocycles. The van der Waals surface area contributed by atoms with E-state index in [2.05, 4.69) is 5.32 Å². The number of sulfonamides is 1. The Bertz CT molecular complexity index is 1100. The van der Waals surface area contributed by atoms with E-state index in [4.69, 9.17) is 11.6 Å². The van der Waals surface area contributed by atoms with E-state index in [1.54, 1.807) is 6.07 Å². The lowest BCUT2D eigenvalue weighted by Crippen LogP contribution is -2.39. The van der Waals surface area contributed by atoms with E-state index >= 15 is 0 Å². The molecule has 1 atom stereocenters. The lowest BCUT2D eigenvalue weighted by molar-refractivity contribution is -0.385. The molecule has 3 rings (SSSR count). The number of benzene rings is 2. The first-order valence-electron chi connectivity index (χ1n) is 9.46. The van der Waals surface area contributed by atoms with Crippen molar-refractivity contribution in [1.82, 2.24) is 4.31 Å². The number of carbonyl (C=O) groups is 1. The number of piperidine rings is 1. The maximum Gasteiger partial charge on any atom is 0.274 e. The van der Waals surface area contributed by atoms with Crippen LogP contribution >= 0.6 is 11.6 Å². The van der Waals surface area contributed by atoms with Crippen molar-refractivity contribution in [3.63, 3.8) is 0 Å². The first-order valence-corrected chi connectivity index (χ1v) is 11.3. The second-order valence-corrected chi connectivity index (χ2v) is 9.73. The molecule has 0 radical (unpaired) electrons. The summed E-state index contributed by atoms with van der Waals surface area (Å²) in [6, 6.07) is 8.40. The zero-order valence-corrected chi connectivity index (χ0v) is 18.2. The summed E-state index contributed by atoms with van der Waals surface area (Å²) in [5.41, 5.74) is 0.554. The summed E-state index contributed by atoms with van der Waals surface area (Å²) in [5.74, 6) is -0.339. The van der Waals surface area contributed by atoms with Gasteiger partial charge in [-0.2, -0.15) is 4.31 Å². The second-order valence-electron chi connectivity index (χ2n) is 7.42. The van der Waals surface area contributed by atoms with E-state index in [1.807, 2.05) is 6.92 Å². The van der Waals surface area contributed by atoms with Gasteiger partial charge in [0, 0.05) is 24.7 Å². The molecule has 0 bridgehead atoms. The van der Waals surface area contributed by atoms with E-state index in [9.17, 15) is 23.3 Å². The van der Waals surface area contributed by atoms with Crippen LogP contribution < -0.4 is 5.32 Å². The molecule has 0 aliphatic carbocycles. The molecule has 0 saturated carbocycles. The largest absolute Gasteiger partial charge is 0.321 e. The molecule has 1 saturated heterocycles. The zero-order valence-electron chi connectivity index (χ0n) is 16.6. The standard InChI is InChI=1S/C20H22ClN3O5S/c1-13-5-4-10-23(12-13)30(28,29)19-11-15(8-9-16(19)21)20(25)22-17-6-3-7-18(14(17)2)24(26)27/h3,6-9,11,13H,4-5,10,12H2,1-2H3,(H,22,25). The number of carbonyl (C=O) groups excluding carboxylic acids is 1. The molecular formula is C20H22ClN3O5S. The molecular weight excluding hydrogens is 430 g/mol. The summed E-state index contributed by atoms with van der Waals surface area (Å²) < 4.78 is 27.6. The number of anilines is 1. The van der Waals surface area contributed by atoms with Crippen molar-refractivity contribution >= 4 is 38.9 Å². The molecule has 30 heavy (non-hydrogen) atoms. The average molecular weight is 452 g/mol. The molecule has 1 aliphatic rings. The van der Waals surface area contributed by atoms with Crippen LogP contribution in [0.2, 0.25) is 5.02 Å². The second kappa shape index (κ2) is 8.71. The first kappa shape index (κ1) is 22.2. The molecule has 0 aromatic heterocycles. The number of nitro groups is 1. The average Bonchev–Trinajstić information content (AvgIpc) is 2.69. The number of halogens is 1. The summed E-state index contributed by atoms with van der Waals surface area (Å²) >= 11 is 6.17. The van der Waals surface area contributed by atoms with Gasteiger partial charge in [-0.3, -0.25) is 14.9 Å². The van der Waals surface area contributed by atoms with Gasteiger partial charge >= 0.3 is 0 Å². The molecule has 0 spiro atoms. The first-order chi connectivity index (χ1) is 14.1. The van der Waals surface area contributed by atoms with Crippen molar-refractivity contribution < 1.29 is 18.1 Å². The Morgan fingerprint density at radius 1 is 1.30 bits per heavy atom. The molecule has 160 valence electrons.